The molecule has 0 saturated carbocycles. The van der Waals surface area contributed by atoms with Crippen molar-refractivity contribution in [3.8, 4) is 11.5 Å². The van der Waals surface area contributed by atoms with E-state index in [9.17, 15) is 14.0 Å². The molecule has 0 aliphatic carbocycles. The molecule has 6 nitrogen and oxygen atoms in total. The predicted molar refractivity (Wildman–Crippen MR) is 122 cm³/mol. The maximum atomic E-state index is 13.3. The molecule has 0 radical (unpaired) electrons. The van der Waals surface area contributed by atoms with Crippen molar-refractivity contribution in [1.82, 2.24) is 10.2 Å². The molecule has 0 bridgehead atoms. The van der Waals surface area contributed by atoms with Crippen LogP contribution in [0.4, 0.5) is 4.39 Å². The summed E-state index contributed by atoms with van der Waals surface area (Å²) < 4.78 is 23.9. The molecular weight excluding hydrogens is 411 g/mol. The van der Waals surface area contributed by atoms with Crippen LogP contribution in [0.3, 0.4) is 0 Å². The topological polar surface area (TPSA) is 67.9 Å². The molecule has 0 aromatic heterocycles. The Morgan fingerprint density at radius 3 is 2.16 bits per heavy atom. The first-order chi connectivity index (χ1) is 15.0. The van der Waals surface area contributed by atoms with E-state index in [1.807, 2.05) is 32.9 Å². The summed E-state index contributed by atoms with van der Waals surface area (Å²) in [6.07, 6.45) is 0.691. The molecule has 2 rings (SSSR count). The molecule has 0 aliphatic heterocycles. The lowest BCUT2D eigenvalue weighted by Gasteiger charge is -2.31. The van der Waals surface area contributed by atoms with Gasteiger partial charge < -0.3 is 19.7 Å². The standard InChI is InChI=1S/C25H33FN2O4/c1-17(24(30)27-25(2,3)4)28(16-19-7-11-20(26)12-8-19)23(29)14-10-18-9-13-21(31-5)22(15-18)32-6/h7-9,11-13,15,17H,10,14,16H2,1-6H3,(H,27,30)/t17-/m1/s1. The number of carbonyl (C=O) groups is 2. The number of halogens is 1. The van der Waals surface area contributed by atoms with Gasteiger partial charge in [0.1, 0.15) is 11.9 Å². The summed E-state index contributed by atoms with van der Waals surface area (Å²) in [5, 5.41) is 2.93. The molecular formula is C25H33FN2O4. The Balaban J connectivity index is 2.18. The van der Waals surface area contributed by atoms with Crippen LogP contribution in [0.15, 0.2) is 42.5 Å². The van der Waals surface area contributed by atoms with Crippen molar-refractivity contribution in [3.63, 3.8) is 0 Å². The minimum atomic E-state index is -0.683. The van der Waals surface area contributed by atoms with E-state index in [4.69, 9.17) is 9.47 Å². The molecule has 1 atom stereocenters. The van der Waals surface area contributed by atoms with Crippen LogP contribution in [0.1, 0.15) is 45.2 Å². The van der Waals surface area contributed by atoms with Gasteiger partial charge in [-0.05, 0) is 69.5 Å². The van der Waals surface area contributed by atoms with Crippen LogP contribution in [0.5, 0.6) is 11.5 Å². The Morgan fingerprint density at radius 2 is 1.59 bits per heavy atom. The van der Waals surface area contributed by atoms with Crippen molar-refractivity contribution < 1.29 is 23.5 Å². The molecule has 0 aliphatic rings. The quantitative estimate of drug-likeness (QED) is 0.632. The highest BCUT2D eigenvalue weighted by Crippen LogP contribution is 2.28. The average molecular weight is 445 g/mol. The van der Waals surface area contributed by atoms with Gasteiger partial charge in [-0.1, -0.05) is 18.2 Å². The number of carbonyl (C=O) groups excluding carboxylic acids is 2. The number of nitrogens with one attached hydrogen (secondary N) is 1. The van der Waals surface area contributed by atoms with Gasteiger partial charge in [-0.25, -0.2) is 4.39 Å². The van der Waals surface area contributed by atoms with E-state index >= 15 is 0 Å². The fraction of sp³-hybridized carbons (Fsp3) is 0.440. The normalized spacial score (nSPS) is 12.1. The van der Waals surface area contributed by atoms with Crippen LogP contribution < -0.4 is 14.8 Å². The van der Waals surface area contributed by atoms with E-state index in [0.717, 1.165) is 11.1 Å². The molecule has 1 N–H and O–H groups in total. The Hall–Kier alpha value is -3.09. The zero-order valence-electron chi connectivity index (χ0n) is 19.7. The number of nitrogens with zero attached hydrogens (tertiary/aromatic N) is 1. The molecule has 0 heterocycles. The second-order valence-corrected chi connectivity index (χ2v) is 8.75. The number of methoxy groups -OCH3 is 2. The van der Waals surface area contributed by atoms with Gasteiger partial charge in [-0.15, -0.1) is 0 Å². The second-order valence-electron chi connectivity index (χ2n) is 8.75. The smallest absolute Gasteiger partial charge is 0.242 e. The Morgan fingerprint density at radius 1 is 1.00 bits per heavy atom. The summed E-state index contributed by atoms with van der Waals surface area (Å²) in [7, 11) is 3.13. The highest BCUT2D eigenvalue weighted by atomic mass is 19.1. The SMILES string of the molecule is COc1ccc(CCC(=O)N(Cc2ccc(F)cc2)[C@H](C)C(=O)NC(C)(C)C)cc1OC. The van der Waals surface area contributed by atoms with E-state index in [1.54, 1.807) is 39.3 Å². The molecule has 0 fully saturated rings. The zero-order chi connectivity index (χ0) is 23.9. The maximum absolute atomic E-state index is 13.3. The number of aryl methyl sites for hydroxylation is 1. The van der Waals surface area contributed by atoms with Crippen molar-refractivity contribution in [3.05, 3.63) is 59.4 Å². The first-order valence-corrected chi connectivity index (χ1v) is 10.6. The molecule has 32 heavy (non-hydrogen) atoms. The minimum Gasteiger partial charge on any atom is -0.493 e. The Bertz CT molecular complexity index is 923. The highest BCUT2D eigenvalue weighted by molar-refractivity contribution is 5.87. The fourth-order valence-corrected chi connectivity index (χ4v) is 3.27. The summed E-state index contributed by atoms with van der Waals surface area (Å²) >= 11 is 0. The van der Waals surface area contributed by atoms with Gasteiger partial charge in [0.05, 0.1) is 14.2 Å². The van der Waals surface area contributed by atoms with Crippen LogP contribution in [-0.4, -0.2) is 42.5 Å². The van der Waals surface area contributed by atoms with Crippen molar-refractivity contribution in [2.45, 2.75) is 58.7 Å². The van der Waals surface area contributed by atoms with E-state index in [2.05, 4.69) is 5.32 Å². The lowest BCUT2D eigenvalue weighted by atomic mass is 10.1. The van der Waals surface area contributed by atoms with Gasteiger partial charge in [0.15, 0.2) is 11.5 Å². The van der Waals surface area contributed by atoms with Crippen molar-refractivity contribution in [2.75, 3.05) is 14.2 Å². The molecule has 0 unspecified atom stereocenters. The number of hydrogen-bond acceptors (Lipinski definition) is 4. The van der Waals surface area contributed by atoms with E-state index in [0.29, 0.717) is 17.9 Å². The average Bonchev–Trinajstić information content (AvgIpc) is 2.75. The van der Waals surface area contributed by atoms with Gasteiger partial charge >= 0.3 is 0 Å². The number of hydrogen-bond donors (Lipinski definition) is 1. The van der Waals surface area contributed by atoms with E-state index < -0.39 is 11.6 Å². The van der Waals surface area contributed by atoms with Crippen LogP contribution in [-0.2, 0) is 22.6 Å². The molecule has 2 aromatic rings. The van der Waals surface area contributed by atoms with Crippen LogP contribution in [0, 0.1) is 5.82 Å². The fourth-order valence-electron chi connectivity index (χ4n) is 3.27. The predicted octanol–water partition coefficient (Wildman–Crippen LogP) is 4.11. The third-order valence-corrected chi connectivity index (χ3v) is 5.01. The van der Waals surface area contributed by atoms with Crippen molar-refractivity contribution in [1.29, 1.82) is 0 Å². The van der Waals surface area contributed by atoms with E-state index in [-0.39, 0.29) is 30.6 Å². The monoisotopic (exact) mass is 444 g/mol. The summed E-state index contributed by atoms with van der Waals surface area (Å²) in [4.78, 5) is 27.5. The highest BCUT2D eigenvalue weighted by Gasteiger charge is 2.28. The number of rotatable bonds is 9. The van der Waals surface area contributed by atoms with Crippen molar-refractivity contribution in [2.24, 2.45) is 0 Å². The van der Waals surface area contributed by atoms with Crippen LogP contribution in [0.2, 0.25) is 0 Å². The van der Waals surface area contributed by atoms with Gasteiger partial charge in [0.2, 0.25) is 11.8 Å². The number of ether oxygens (including phenoxy) is 2. The minimum absolute atomic E-state index is 0.166. The summed E-state index contributed by atoms with van der Waals surface area (Å²) in [6.45, 7) is 7.59. The zero-order valence-corrected chi connectivity index (χ0v) is 19.7. The van der Waals surface area contributed by atoms with Crippen molar-refractivity contribution >= 4 is 11.8 Å². The first-order valence-electron chi connectivity index (χ1n) is 10.6. The molecule has 0 spiro atoms. The summed E-state index contributed by atoms with van der Waals surface area (Å²) in [6, 6.07) is 10.8. The van der Waals surface area contributed by atoms with Crippen LogP contribution in [0.25, 0.3) is 0 Å². The lowest BCUT2D eigenvalue weighted by molar-refractivity contribution is -0.141. The van der Waals surface area contributed by atoms with Gasteiger partial charge in [0, 0.05) is 18.5 Å². The lowest BCUT2D eigenvalue weighted by Crippen LogP contribution is -2.52. The van der Waals surface area contributed by atoms with Gasteiger partial charge in [-0.3, -0.25) is 9.59 Å². The summed E-state index contributed by atoms with van der Waals surface area (Å²) in [5.41, 5.74) is 1.25. The Kier molecular flexibility index (Phi) is 8.63. The number of amides is 2. The molecule has 2 amide bonds. The van der Waals surface area contributed by atoms with Gasteiger partial charge in [-0.2, -0.15) is 0 Å². The molecule has 7 heteroatoms. The molecule has 2 aromatic carbocycles. The maximum Gasteiger partial charge on any atom is 0.242 e. The third-order valence-electron chi connectivity index (χ3n) is 5.01. The van der Waals surface area contributed by atoms with Gasteiger partial charge in [0.25, 0.3) is 0 Å². The molecule has 0 saturated heterocycles. The first kappa shape index (κ1) is 25.2. The van der Waals surface area contributed by atoms with Crippen LogP contribution >= 0.6 is 0 Å². The number of benzene rings is 2. The largest absolute Gasteiger partial charge is 0.493 e. The third kappa shape index (κ3) is 7.25. The second kappa shape index (κ2) is 11.0. The molecule has 174 valence electrons. The summed E-state index contributed by atoms with van der Waals surface area (Å²) in [5.74, 6) is 0.463. The Labute approximate surface area is 189 Å². The van der Waals surface area contributed by atoms with E-state index in [1.165, 1.54) is 17.0 Å².